The van der Waals surface area contributed by atoms with Gasteiger partial charge in [0.05, 0.1) is 29.6 Å². The fraction of sp³-hybridized carbons (Fsp3) is 0.591. The Morgan fingerprint density at radius 2 is 2.09 bits per heavy atom. The lowest BCUT2D eigenvalue weighted by Gasteiger charge is -2.33. The normalized spacial score (nSPS) is 28.1. The topological polar surface area (TPSA) is 104 Å². The summed E-state index contributed by atoms with van der Waals surface area (Å²) in [5.41, 5.74) is 2.00. The Morgan fingerprint density at radius 1 is 1.22 bits per heavy atom. The molecule has 2 aromatic rings. The number of hydrogen-bond donors (Lipinski definition) is 2. The Morgan fingerprint density at radius 3 is 2.88 bits per heavy atom. The predicted octanol–water partition coefficient (Wildman–Crippen LogP) is 1.62. The number of thiazole rings is 1. The molecule has 2 N–H and O–H groups in total. The molecule has 0 spiro atoms. The number of morpholine rings is 1. The van der Waals surface area contributed by atoms with Crippen molar-refractivity contribution in [1.29, 1.82) is 0 Å². The van der Waals surface area contributed by atoms with Gasteiger partial charge in [0.25, 0.3) is 0 Å². The number of ether oxygens (including phenoxy) is 1. The van der Waals surface area contributed by atoms with Crippen LogP contribution in [-0.4, -0.2) is 78.0 Å². The zero-order chi connectivity index (χ0) is 21.5. The average Bonchev–Trinajstić information content (AvgIpc) is 3.58. The first-order valence-corrected chi connectivity index (χ1v) is 12.3. The molecule has 5 heterocycles. The van der Waals surface area contributed by atoms with Crippen LogP contribution in [0.1, 0.15) is 48.2 Å². The molecule has 1 aliphatic carbocycles. The highest BCUT2D eigenvalue weighted by molar-refractivity contribution is 7.18. The van der Waals surface area contributed by atoms with Crippen LogP contribution in [0, 0.1) is 0 Å². The molecule has 6 rings (SSSR count). The third-order valence-electron chi connectivity index (χ3n) is 6.44. The molecule has 3 fully saturated rings. The maximum Gasteiger partial charge on any atom is 0.244 e. The maximum absolute atomic E-state index is 13.4. The summed E-state index contributed by atoms with van der Waals surface area (Å²) in [6.07, 6.45) is 6.27. The molecule has 9 nitrogen and oxygen atoms in total. The molecule has 0 bridgehead atoms. The van der Waals surface area contributed by atoms with Gasteiger partial charge in [-0.25, -0.2) is 4.98 Å². The van der Waals surface area contributed by atoms with Gasteiger partial charge in [-0.05, 0) is 38.3 Å². The largest absolute Gasteiger partial charge is 0.378 e. The maximum atomic E-state index is 13.4. The van der Waals surface area contributed by atoms with Crippen LogP contribution in [0.2, 0.25) is 0 Å². The van der Waals surface area contributed by atoms with Gasteiger partial charge in [0, 0.05) is 31.7 Å². The van der Waals surface area contributed by atoms with Crippen LogP contribution in [0.4, 0.5) is 0 Å². The monoisotopic (exact) mass is 453 g/mol. The van der Waals surface area contributed by atoms with Crippen LogP contribution in [0.3, 0.4) is 0 Å². The molecule has 2 saturated heterocycles. The number of aliphatic imine (C=N–C) groups is 2. The van der Waals surface area contributed by atoms with Crippen molar-refractivity contribution in [1.82, 2.24) is 25.5 Å². The molecule has 1 saturated carbocycles. The summed E-state index contributed by atoms with van der Waals surface area (Å²) >= 11 is 1.56. The minimum atomic E-state index is -0.592. The Balaban J connectivity index is 1.39. The lowest BCUT2D eigenvalue weighted by Crippen LogP contribution is -2.53. The van der Waals surface area contributed by atoms with Gasteiger partial charge in [0.15, 0.2) is 0 Å². The van der Waals surface area contributed by atoms with E-state index in [4.69, 9.17) is 19.7 Å². The van der Waals surface area contributed by atoms with Gasteiger partial charge in [-0.15, -0.1) is 11.3 Å². The number of nitrogens with one attached hydrogen (secondary N) is 2. The molecular formula is C22H27N7O2S. The third kappa shape index (κ3) is 3.91. The fourth-order valence-corrected chi connectivity index (χ4v) is 5.62. The lowest BCUT2D eigenvalue weighted by atomic mass is 10.0. The number of hydrogen-bond acceptors (Lipinski definition) is 8. The average molecular weight is 454 g/mol. The van der Waals surface area contributed by atoms with Crippen molar-refractivity contribution >= 4 is 39.3 Å². The second-order valence-corrected chi connectivity index (χ2v) is 9.88. The predicted molar refractivity (Wildman–Crippen MR) is 123 cm³/mol. The van der Waals surface area contributed by atoms with E-state index in [1.54, 1.807) is 11.3 Å². The highest BCUT2D eigenvalue weighted by Gasteiger charge is 2.37. The van der Waals surface area contributed by atoms with E-state index in [9.17, 15) is 4.79 Å². The molecule has 10 heteroatoms. The standard InChI is InChI=1S/C22H27N7O2S/c30-20-16(21-26-18-15(32-21)5-7-24-17(18)13-3-4-13)19(25-14-2-1-6-23-12-14)27-22(28-20)29-8-10-31-11-9-29/h5,7,13-14,16,23H,1-4,6,8-12H2,(H,25,27,28,30)/t14-,16?/m1/s1. The number of nitrogens with zero attached hydrogens (tertiary/aromatic N) is 5. The summed E-state index contributed by atoms with van der Waals surface area (Å²) in [7, 11) is 0. The Bertz CT molecular complexity index is 1080. The first-order chi connectivity index (χ1) is 15.8. The van der Waals surface area contributed by atoms with Crippen LogP contribution in [-0.2, 0) is 9.53 Å². The minimum absolute atomic E-state index is 0.107. The van der Waals surface area contributed by atoms with E-state index in [-0.39, 0.29) is 11.9 Å². The quantitative estimate of drug-likeness (QED) is 0.732. The number of piperidine rings is 1. The molecule has 1 unspecified atom stereocenters. The van der Waals surface area contributed by atoms with Crippen molar-refractivity contribution in [3.63, 3.8) is 0 Å². The van der Waals surface area contributed by atoms with E-state index in [0.29, 0.717) is 44.0 Å². The lowest BCUT2D eigenvalue weighted by molar-refractivity contribution is -0.120. The summed E-state index contributed by atoms with van der Waals surface area (Å²) in [4.78, 5) is 34.9. The van der Waals surface area contributed by atoms with Crippen LogP contribution < -0.4 is 10.6 Å². The van der Waals surface area contributed by atoms with E-state index in [1.165, 1.54) is 0 Å². The summed E-state index contributed by atoms with van der Waals surface area (Å²) in [5, 5.41) is 7.19. The zero-order valence-corrected chi connectivity index (χ0v) is 18.7. The van der Waals surface area contributed by atoms with Gasteiger partial charge < -0.3 is 15.0 Å². The number of rotatable bonds is 3. The van der Waals surface area contributed by atoms with Crippen molar-refractivity contribution in [3.05, 3.63) is 23.0 Å². The third-order valence-corrected chi connectivity index (χ3v) is 7.52. The van der Waals surface area contributed by atoms with Crippen LogP contribution in [0.25, 0.3) is 10.2 Å². The number of aromatic nitrogens is 2. The molecule has 4 aliphatic rings. The number of carbonyl (C=O) groups excluding carboxylic acids is 1. The van der Waals surface area contributed by atoms with E-state index < -0.39 is 5.92 Å². The molecular weight excluding hydrogens is 426 g/mol. The molecule has 2 atom stereocenters. The van der Waals surface area contributed by atoms with Gasteiger partial charge in [-0.3, -0.25) is 20.1 Å². The van der Waals surface area contributed by atoms with Gasteiger partial charge in [-0.2, -0.15) is 4.99 Å². The number of amides is 1. The number of guanidine groups is 1. The van der Waals surface area contributed by atoms with Gasteiger partial charge in [-0.1, -0.05) is 0 Å². The number of amidine groups is 1. The van der Waals surface area contributed by atoms with Gasteiger partial charge in [0.1, 0.15) is 22.3 Å². The minimum Gasteiger partial charge on any atom is -0.378 e. The van der Waals surface area contributed by atoms with Gasteiger partial charge in [0.2, 0.25) is 11.9 Å². The van der Waals surface area contributed by atoms with Crippen molar-refractivity contribution in [2.45, 2.75) is 43.6 Å². The summed E-state index contributed by atoms with van der Waals surface area (Å²) < 4.78 is 6.54. The first-order valence-electron chi connectivity index (χ1n) is 11.5. The fourth-order valence-electron chi connectivity index (χ4n) is 4.55. The highest BCUT2D eigenvalue weighted by atomic mass is 32.1. The molecule has 2 aromatic heterocycles. The zero-order valence-electron chi connectivity index (χ0n) is 17.9. The Kier molecular flexibility index (Phi) is 5.36. The number of fused-ring (bicyclic) bond motifs is 1. The second-order valence-electron chi connectivity index (χ2n) is 8.81. The molecule has 0 radical (unpaired) electrons. The van der Waals surface area contributed by atoms with Crippen molar-refractivity contribution < 1.29 is 9.53 Å². The molecule has 168 valence electrons. The Labute approximate surface area is 190 Å². The summed E-state index contributed by atoms with van der Waals surface area (Å²) in [5.74, 6) is 0.957. The molecule has 32 heavy (non-hydrogen) atoms. The van der Waals surface area contributed by atoms with Gasteiger partial charge >= 0.3 is 0 Å². The number of pyridine rings is 1. The highest BCUT2D eigenvalue weighted by Crippen LogP contribution is 2.43. The van der Waals surface area contributed by atoms with E-state index >= 15 is 0 Å². The van der Waals surface area contributed by atoms with E-state index in [2.05, 4.69) is 20.5 Å². The van der Waals surface area contributed by atoms with Crippen molar-refractivity contribution in [3.8, 4) is 0 Å². The molecule has 3 aliphatic heterocycles. The molecule has 1 amide bonds. The summed E-state index contributed by atoms with van der Waals surface area (Å²) in [6, 6.07) is 2.12. The first kappa shape index (κ1) is 20.2. The van der Waals surface area contributed by atoms with Crippen LogP contribution in [0.15, 0.2) is 22.2 Å². The van der Waals surface area contributed by atoms with Crippen LogP contribution >= 0.6 is 11.3 Å². The van der Waals surface area contributed by atoms with E-state index in [0.717, 1.165) is 59.7 Å². The van der Waals surface area contributed by atoms with Crippen LogP contribution in [0.5, 0.6) is 0 Å². The smallest absolute Gasteiger partial charge is 0.244 e. The Hall–Kier alpha value is -2.43. The number of carbonyl (C=O) groups is 1. The summed E-state index contributed by atoms with van der Waals surface area (Å²) in [6.45, 7) is 4.51. The SMILES string of the molecule is O=C1NC(N2CCOCC2)=NC(=N[C@@H]2CCCNC2)C1c1nc2c(C3CC3)nccc2s1. The second kappa shape index (κ2) is 8.49. The molecule has 0 aromatic carbocycles. The van der Waals surface area contributed by atoms with E-state index in [1.807, 2.05) is 12.3 Å². The van der Waals surface area contributed by atoms with Crippen molar-refractivity contribution in [2.75, 3.05) is 39.4 Å². The van der Waals surface area contributed by atoms with Crippen molar-refractivity contribution in [2.24, 2.45) is 9.98 Å².